The molecular formula is C30H26N4O2. The fourth-order valence-corrected chi connectivity index (χ4v) is 3.98. The van der Waals surface area contributed by atoms with Crippen LogP contribution in [0.4, 0.5) is 23.1 Å². The topological polar surface area (TPSA) is 68.3 Å². The van der Waals surface area contributed by atoms with E-state index in [1.54, 1.807) is 20.4 Å². The summed E-state index contributed by atoms with van der Waals surface area (Å²) in [6.45, 7) is 0. The Morgan fingerprint density at radius 1 is 0.556 bits per heavy atom. The van der Waals surface area contributed by atoms with Crippen LogP contribution in [0.3, 0.4) is 0 Å². The molecule has 0 aliphatic carbocycles. The molecule has 5 aromatic rings. The molecule has 178 valence electrons. The number of anilines is 4. The van der Waals surface area contributed by atoms with Crippen LogP contribution in [0.15, 0.2) is 109 Å². The number of hydrogen-bond donors (Lipinski definition) is 2. The van der Waals surface area contributed by atoms with E-state index in [2.05, 4.69) is 50.9 Å². The Bertz CT molecular complexity index is 1350. The van der Waals surface area contributed by atoms with E-state index in [0.717, 1.165) is 39.4 Å². The van der Waals surface area contributed by atoms with E-state index < -0.39 is 0 Å². The summed E-state index contributed by atoms with van der Waals surface area (Å²) < 4.78 is 11.2. The Hall–Kier alpha value is -4.84. The quantitative estimate of drug-likeness (QED) is 0.246. The number of ether oxygens (including phenoxy) is 2. The molecule has 1 heterocycles. The number of nitrogens with one attached hydrogen (secondary N) is 2. The minimum absolute atomic E-state index is 0.446. The highest BCUT2D eigenvalue weighted by Gasteiger charge is 2.11. The van der Waals surface area contributed by atoms with Gasteiger partial charge in [0.2, 0.25) is 5.95 Å². The second kappa shape index (κ2) is 10.6. The van der Waals surface area contributed by atoms with Crippen LogP contribution in [-0.2, 0) is 0 Å². The van der Waals surface area contributed by atoms with Crippen LogP contribution in [0.2, 0.25) is 0 Å². The van der Waals surface area contributed by atoms with E-state index in [-0.39, 0.29) is 0 Å². The van der Waals surface area contributed by atoms with Crippen molar-refractivity contribution in [3.05, 3.63) is 109 Å². The van der Waals surface area contributed by atoms with Gasteiger partial charge >= 0.3 is 0 Å². The Labute approximate surface area is 210 Å². The first-order chi connectivity index (χ1) is 17.7. The average molecular weight is 475 g/mol. The molecule has 36 heavy (non-hydrogen) atoms. The monoisotopic (exact) mass is 474 g/mol. The third kappa shape index (κ3) is 5.13. The fourth-order valence-electron chi connectivity index (χ4n) is 3.98. The second-order valence-electron chi connectivity index (χ2n) is 8.08. The predicted molar refractivity (Wildman–Crippen MR) is 145 cm³/mol. The smallest absolute Gasteiger partial charge is 0.229 e. The zero-order chi connectivity index (χ0) is 24.7. The molecule has 1 aromatic heterocycles. The molecule has 0 fully saturated rings. The Kier molecular flexibility index (Phi) is 6.76. The number of rotatable bonds is 8. The second-order valence-corrected chi connectivity index (χ2v) is 8.08. The first-order valence-corrected chi connectivity index (χ1v) is 11.6. The minimum Gasteiger partial charge on any atom is -0.495 e. The van der Waals surface area contributed by atoms with Gasteiger partial charge in [0.1, 0.15) is 17.3 Å². The highest BCUT2D eigenvalue weighted by atomic mass is 16.5. The maximum atomic E-state index is 5.58. The van der Waals surface area contributed by atoms with Crippen LogP contribution in [0.25, 0.3) is 22.3 Å². The summed E-state index contributed by atoms with van der Waals surface area (Å²) in [7, 11) is 3.30. The minimum atomic E-state index is 0.446. The van der Waals surface area contributed by atoms with E-state index in [0.29, 0.717) is 17.5 Å². The number of methoxy groups -OCH3 is 2. The van der Waals surface area contributed by atoms with Gasteiger partial charge in [0, 0.05) is 6.20 Å². The summed E-state index contributed by atoms with van der Waals surface area (Å²) in [6.07, 6.45) is 1.71. The Morgan fingerprint density at radius 2 is 1.08 bits per heavy atom. The lowest BCUT2D eigenvalue weighted by molar-refractivity contribution is 0.417. The summed E-state index contributed by atoms with van der Waals surface area (Å²) in [5.41, 5.74) is 5.97. The molecule has 6 nitrogen and oxygen atoms in total. The van der Waals surface area contributed by atoms with E-state index >= 15 is 0 Å². The van der Waals surface area contributed by atoms with Gasteiger partial charge < -0.3 is 20.1 Å². The van der Waals surface area contributed by atoms with Crippen LogP contribution < -0.4 is 20.1 Å². The van der Waals surface area contributed by atoms with E-state index in [1.165, 1.54) is 0 Å². The van der Waals surface area contributed by atoms with Gasteiger partial charge in [-0.15, -0.1) is 0 Å². The predicted octanol–water partition coefficient (Wildman–Crippen LogP) is 7.32. The SMILES string of the molecule is COc1ccc(-c2ccccc2)cc1Nc1ccnc(Nc2cc(-c3ccccc3)ccc2OC)n1. The first kappa shape index (κ1) is 22.9. The molecule has 4 aromatic carbocycles. The normalized spacial score (nSPS) is 10.5. The molecule has 0 amide bonds. The summed E-state index contributed by atoms with van der Waals surface area (Å²) in [5, 5.41) is 6.69. The number of benzene rings is 4. The molecule has 0 aliphatic rings. The Morgan fingerprint density at radius 3 is 1.61 bits per heavy atom. The van der Waals surface area contributed by atoms with Gasteiger partial charge in [-0.3, -0.25) is 0 Å². The average Bonchev–Trinajstić information content (AvgIpc) is 2.94. The number of nitrogens with zero attached hydrogens (tertiary/aromatic N) is 2. The van der Waals surface area contributed by atoms with E-state index in [9.17, 15) is 0 Å². The molecule has 5 rings (SSSR count). The first-order valence-electron chi connectivity index (χ1n) is 11.6. The van der Waals surface area contributed by atoms with Crippen LogP contribution in [0, 0.1) is 0 Å². The van der Waals surface area contributed by atoms with Gasteiger partial charge in [-0.25, -0.2) is 4.98 Å². The molecule has 0 radical (unpaired) electrons. The van der Waals surface area contributed by atoms with Crippen molar-refractivity contribution in [3.8, 4) is 33.8 Å². The zero-order valence-electron chi connectivity index (χ0n) is 20.1. The molecule has 6 heteroatoms. The molecule has 0 bridgehead atoms. The lowest BCUT2D eigenvalue weighted by Crippen LogP contribution is -2.02. The van der Waals surface area contributed by atoms with E-state index in [1.807, 2.05) is 72.8 Å². The molecule has 0 atom stereocenters. The summed E-state index contributed by atoms with van der Waals surface area (Å²) in [5.74, 6) is 2.50. The maximum absolute atomic E-state index is 5.58. The Balaban J connectivity index is 1.42. The molecule has 0 spiro atoms. The third-order valence-electron chi connectivity index (χ3n) is 5.78. The standard InChI is InChI=1S/C30H26N4O2/c1-35-27-15-13-23(21-9-5-3-6-10-21)19-25(27)32-29-17-18-31-30(34-29)33-26-20-24(14-16-28(26)36-2)22-11-7-4-8-12-22/h3-20H,1-2H3,(H2,31,32,33,34). The van der Waals surface area contributed by atoms with Crippen molar-refractivity contribution in [2.75, 3.05) is 24.9 Å². The van der Waals surface area contributed by atoms with Gasteiger partial charge in [0.15, 0.2) is 0 Å². The summed E-state index contributed by atoms with van der Waals surface area (Å²) in [6, 6.07) is 34.3. The fraction of sp³-hybridized carbons (Fsp3) is 0.0667. The summed E-state index contributed by atoms with van der Waals surface area (Å²) >= 11 is 0. The van der Waals surface area contributed by atoms with Gasteiger partial charge in [0.05, 0.1) is 25.6 Å². The molecule has 0 saturated carbocycles. The molecule has 0 unspecified atom stereocenters. The molecule has 2 N–H and O–H groups in total. The van der Waals surface area contributed by atoms with Crippen LogP contribution in [-0.4, -0.2) is 24.2 Å². The van der Waals surface area contributed by atoms with Crippen molar-refractivity contribution < 1.29 is 9.47 Å². The maximum Gasteiger partial charge on any atom is 0.229 e. The van der Waals surface area contributed by atoms with Crippen molar-refractivity contribution in [3.63, 3.8) is 0 Å². The van der Waals surface area contributed by atoms with Gasteiger partial charge in [-0.1, -0.05) is 72.8 Å². The lowest BCUT2D eigenvalue weighted by atomic mass is 10.0. The van der Waals surface area contributed by atoms with Gasteiger partial charge in [-0.2, -0.15) is 4.98 Å². The number of hydrogen-bond acceptors (Lipinski definition) is 6. The van der Waals surface area contributed by atoms with Crippen molar-refractivity contribution in [1.29, 1.82) is 0 Å². The summed E-state index contributed by atoms with van der Waals surface area (Å²) in [4.78, 5) is 9.09. The largest absolute Gasteiger partial charge is 0.495 e. The highest BCUT2D eigenvalue weighted by Crippen LogP contribution is 2.34. The van der Waals surface area contributed by atoms with Gasteiger partial charge in [-0.05, 0) is 52.6 Å². The van der Waals surface area contributed by atoms with Crippen LogP contribution in [0.5, 0.6) is 11.5 Å². The van der Waals surface area contributed by atoms with Crippen LogP contribution in [0.1, 0.15) is 0 Å². The molecule has 0 aliphatic heterocycles. The van der Waals surface area contributed by atoms with E-state index in [4.69, 9.17) is 9.47 Å². The van der Waals surface area contributed by atoms with Crippen molar-refractivity contribution in [1.82, 2.24) is 9.97 Å². The van der Waals surface area contributed by atoms with Crippen LogP contribution >= 0.6 is 0 Å². The van der Waals surface area contributed by atoms with Crippen molar-refractivity contribution >= 4 is 23.1 Å². The van der Waals surface area contributed by atoms with Crippen molar-refractivity contribution in [2.24, 2.45) is 0 Å². The zero-order valence-corrected chi connectivity index (χ0v) is 20.1. The molecule has 0 saturated heterocycles. The van der Waals surface area contributed by atoms with Gasteiger partial charge in [0.25, 0.3) is 0 Å². The number of aromatic nitrogens is 2. The third-order valence-corrected chi connectivity index (χ3v) is 5.78. The molecular weight excluding hydrogens is 448 g/mol. The van der Waals surface area contributed by atoms with Crippen molar-refractivity contribution in [2.45, 2.75) is 0 Å². The highest BCUT2D eigenvalue weighted by molar-refractivity contribution is 5.76. The lowest BCUT2D eigenvalue weighted by Gasteiger charge is -2.15.